The van der Waals surface area contributed by atoms with E-state index in [1.54, 1.807) is 17.8 Å². The molecule has 0 aromatic carbocycles. The van der Waals surface area contributed by atoms with Gasteiger partial charge in [-0.25, -0.2) is 4.79 Å². The van der Waals surface area contributed by atoms with Crippen molar-refractivity contribution < 1.29 is 9.53 Å². The Bertz CT molecular complexity index is 396. The summed E-state index contributed by atoms with van der Waals surface area (Å²) >= 11 is 0. The highest BCUT2D eigenvalue weighted by molar-refractivity contribution is 5.89. The van der Waals surface area contributed by atoms with Crippen molar-refractivity contribution in [1.82, 2.24) is 9.78 Å². The van der Waals surface area contributed by atoms with Crippen molar-refractivity contribution in [1.29, 1.82) is 0 Å². The third-order valence-electron chi connectivity index (χ3n) is 1.59. The van der Waals surface area contributed by atoms with Crippen LogP contribution in [0.3, 0.4) is 0 Å². The lowest BCUT2D eigenvalue weighted by Gasteiger charge is -1.90. The van der Waals surface area contributed by atoms with E-state index in [2.05, 4.69) is 21.7 Å². The Hall–Kier alpha value is -1.76. The minimum atomic E-state index is -0.504. The molecular formula is C10H12N2O2. The first kappa shape index (κ1) is 10.3. The summed E-state index contributed by atoms with van der Waals surface area (Å²) in [4.78, 5) is 10.9. The van der Waals surface area contributed by atoms with Crippen LogP contribution in [0.15, 0.2) is 6.20 Å². The molecule has 1 heterocycles. The summed E-state index contributed by atoms with van der Waals surface area (Å²) in [6.45, 7) is 3.93. The molecule has 74 valence electrons. The van der Waals surface area contributed by atoms with Gasteiger partial charge in [-0.3, -0.25) is 4.68 Å². The van der Waals surface area contributed by atoms with Crippen LogP contribution in [-0.2, 0) is 16.6 Å². The highest BCUT2D eigenvalue weighted by Gasteiger charge is 1.99. The van der Waals surface area contributed by atoms with E-state index in [-0.39, 0.29) is 0 Å². The average molecular weight is 192 g/mol. The zero-order valence-electron chi connectivity index (χ0n) is 8.50. The van der Waals surface area contributed by atoms with E-state index in [0.717, 1.165) is 11.3 Å². The molecule has 0 bridgehead atoms. The van der Waals surface area contributed by atoms with Gasteiger partial charge in [-0.1, -0.05) is 5.92 Å². The fourth-order valence-electron chi connectivity index (χ4n) is 1.01. The van der Waals surface area contributed by atoms with Crippen LogP contribution in [0.1, 0.15) is 18.2 Å². The van der Waals surface area contributed by atoms with E-state index in [9.17, 15) is 4.79 Å². The monoisotopic (exact) mass is 192 g/mol. The summed E-state index contributed by atoms with van der Waals surface area (Å²) in [6.07, 6.45) is 1.77. The summed E-state index contributed by atoms with van der Waals surface area (Å²) in [7, 11) is 1.81. The minimum Gasteiger partial charge on any atom is -0.456 e. The molecule has 0 radical (unpaired) electrons. The quantitative estimate of drug-likeness (QED) is 0.484. The van der Waals surface area contributed by atoms with Crippen molar-refractivity contribution in [2.75, 3.05) is 6.61 Å². The predicted octanol–water partition coefficient (Wildman–Crippen LogP) is 0.643. The first-order valence-electron chi connectivity index (χ1n) is 4.32. The normalized spacial score (nSPS) is 9.07. The minimum absolute atomic E-state index is 0.347. The molecule has 0 amide bonds. The molecule has 0 unspecified atom stereocenters. The summed E-state index contributed by atoms with van der Waals surface area (Å²) in [6, 6.07) is 0. The van der Waals surface area contributed by atoms with Gasteiger partial charge in [-0.05, 0) is 13.8 Å². The van der Waals surface area contributed by atoms with E-state index < -0.39 is 5.97 Å². The molecule has 0 saturated carbocycles. The molecular weight excluding hydrogens is 180 g/mol. The number of aryl methyl sites for hydroxylation is 2. The van der Waals surface area contributed by atoms with Gasteiger partial charge in [0.2, 0.25) is 0 Å². The molecule has 0 spiro atoms. The summed E-state index contributed by atoms with van der Waals surface area (Å²) < 4.78 is 6.33. The molecule has 0 saturated heterocycles. The van der Waals surface area contributed by atoms with E-state index in [1.807, 2.05) is 14.0 Å². The van der Waals surface area contributed by atoms with Gasteiger partial charge in [0, 0.05) is 19.2 Å². The van der Waals surface area contributed by atoms with Crippen molar-refractivity contribution in [3.63, 3.8) is 0 Å². The van der Waals surface area contributed by atoms with Crippen molar-refractivity contribution in [3.8, 4) is 11.8 Å². The van der Waals surface area contributed by atoms with Crippen molar-refractivity contribution in [2.24, 2.45) is 7.05 Å². The second kappa shape index (κ2) is 4.47. The predicted molar refractivity (Wildman–Crippen MR) is 51.5 cm³/mol. The zero-order valence-corrected chi connectivity index (χ0v) is 8.50. The number of carbonyl (C=O) groups is 1. The van der Waals surface area contributed by atoms with Gasteiger partial charge in [0.1, 0.15) is 0 Å². The van der Waals surface area contributed by atoms with Gasteiger partial charge in [-0.2, -0.15) is 5.10 Å². The number of ether oxygens (including phenoxy) is 1. The second-order valence-corrected chi connectivity index (χ2v) is 2.77. The van der Waals surface area contributed by atoms with Gasteiger partial charge in [0.05, 0.1) is 17.9 Å². The van der Waals surface area contributed by atoms with Crippen LogP contribution < -0.4 is 0 Å². The van der Waals surface area contributed by atoms with E-state index in [4.69, 9.17) is 0 Å². The molecule has 1 rings (SSSR count). The first-order valence-corrected chi connectivity index (χ1v) is 4.32. The zero-order chi connectivity index (χ0) is 10.6. The van der Waals surface area contributed by atoms with Gasteiger partial charge in [0.25, 0.3) is 0 Å². The van der Waals surface area contributed by atoms with Crippen LogP contribution >= 0.6 is 0 Å². The highest BCUT2D eigenvalue weighted by atomic mass is 16.5. The number of hydrogen-bond acceptors (Lipinski definition) is 3. The second-order valence-electron chi connectivity index (χ2n) is 2.77. The summed E-state index contributed by atoms with van der Waals surface area (Å²) in [5.41, 5.74) is 1.56. The molecule has 0 fully saturated rings. The summed E-state index contributed by atoms with van der Waals surface area (Å²) in [5, 5.41) is 4.10. The van der Waals surface area contributed by atoms with Crippen molar-refractivity contribution in [3.05, 3.63) is 17.5 Å². The standard InChI is InChI=1S/C10H12N2O2/c1-4-14-10(13)6-5-9-7-12(3)11-8(9)2/h7H,4H2,1-3H3. The first-order chi connectivity index (χ1) is 6.63. The van der Waals surface area contributed by atoms with Crippen LogP contribution in [-0.4, -0.2) is 22.4 Å². The molecule has 1 aromatic heterocycles. The van der Waals surface area contributed by atoms with Gasteiger partial charge < -0.3 is 4.74 Å². The SMILES string of the molecule is CCOC(=O)C#Cc1cn(C)nc1C. The maximum atomic E-state index is 10.9. The topological polar surface area (TPSA) is 44.1 Å². The maximum Gasteiger partial charge on any atom is 0.384 e. The number of esters is 1. The number of nitrogens with zero attached hydrogens (tertiary/aromatic N) is 2. The highest BCUT2D eigenvalue weighted by Crippen LogP contribution is 2.01. The lowest BCUT2D eigenvalue weighted by molar-refractivity contribution is -0.136. The van der Waals surface area contributed by atoms with Gasteiger partial charge >= 0.3 is 5.97 Å². The van der Waals surface area contributed by atoms with Crippen molar-refractivity contribution >= 4 is 5.97 Å². The molecule has 0 aliphatic heterocycles. The lowest BCUT2D eigenvalue weighted by atomic mass is 10.3. The molecule has 0 N–H and O–H groups in total. The van der Waals surface area contributed by atoms with E-state index in [0.29, 0.717) is 6.61 Å². The smallest absolute Gasteiger partial charge is 0.384 e. The third kappa shape index (κ3) is 2.63. The Kier molecular flexibility index (Phi) is 3.29. The fourth-order valence-corrected chi connectivity index (χ4v) is 1.01. The Morgan fingerprint density at radius 2 is 2.43 bits per heavy atom. The van der Waals surface area contributed by atoms with Crippen LogP contribution in [0.2, 0.25) is 0 Å². The average Bonchev–Trinajstić information content (AvgIpc) is 2.42. The molecule has 0 atom stereocenters. The third-order valence-corrected chi connectivity index (χ3v) is 1.59. The molecule has 14 heavy (non-hydrogen) atoms. The molecule has 1 aromatic rings. The van der Waals surface area contributed by atoms with E-state index in [1.165, 1.54) is 0 Å². The van der Waals surface area contributed by atoms with Gasteiger partial charge in [0.15, 0.2) is 0 Å². The van der Waals surface area contributed by atoms with E-state index >= 15 is 0 Å². The molecule has 0 aliphatic carbocycles. The van der Waals surface area contributed by atoms with Crippen LogP contribution in [0, 0.1) is 18.8 Å². The number of carbonyl (C=O) groups excluding carboxylic acids is 1. The van der Waals surface area contributed by atoms with Crippen LogP contribution in [0.25, 0.3) is 0 Å². The number of hydrogen-bond donors (Lipinski definition) is 0. The van der Waals surface area contributed by atoms with Crippen LogP contribution in [0.5, 0.6) is 0 Å². The molecule has 4 heteroatoms. The summed E-state index contributed by atoms with van der Waals surface area (Å²) in [5.74, 6) is 4.60. The van der Waals surface area contributed by atoms with Crippen molar-refractivity contribution in [2.45, 2.75) is 13.8 Å². The fraction of sp³-hybridized carbons (Fsp3) is 0.400. The Morgan fingerprint density at radius 3 is 2.93 bits per heavy atom. The Labute approximate surface area is 82.9 Å². The largest absolute Gasteiger partial charge is 0.456 e. The lowest BCUT2D eigenvalue weighted by Crippen LogP contribution is -1.99. The Balaban J connectivity index is 2.77. The molecule has 0 aliphatic rings. The van der Waals surface area contributed by atoms with Gasteiger partial charge in [-0.15, -0.1) is 0 Å². The Morgan fingerprint density at radius 1 is 1.71 bits per heavy atom. The number of aromatic nitrogens is 2. The maximum absolute atomic E-state index is 10.9. The molecule has 4 nitrogen and oxygen atoms in total. The number of rotatable bonds is 1. The van der Waals surface area contributed by atoms with Crippen LogP contribution in [0.4, 0.5) is 0 Å².